The molecule has 0 bridgehead atoms. The summed E-state index contributed by atoms with van der Waals surface area (Å²) in [7, 11) is 0. The molecule has 0 aliphatic heterocycles. The monoisotopic (exact) mass is 640 g/mol. The summed E-state index contributed by atoms with van der Waals surface area (Å²) in [5.74, 6) is 1.01. The molecule has 0 aliphatic rings. The molecule has 0 N–H and O–H groups in total. The molecule has 0 saturated carbocycles. The molecule has 0 amide bonds. The van der Waals surface area contributed by atoms with Crippen molar-refractivity contribution < 1.29 is 4.42 Å². The second-order valence-electron chi connectivity index (χ2n) is 12.5. The first kappa shape index (κ1) is 28.2. The Hall–Kier alpha value is -6.85. The molecule has 0 spiro atoms. The topological polar surface area (TPSA) is 56.7 Å². The van der Waals surface area contributed by atoms with E-state index < -0.39 is 0 Å². The van der Waals surface area contributed by atoms with Crippen LogP contribution in [-0.4, -0.2) is 19.7 Å². The Bertz CT molecular complexity index is 2840. The van der Waals surface area contributed by atoms with E-state index >= 15 is 0 Å². The first-order valence-electron chi connectivity index (χ1n) is 16.7. The summed E-state index contributed by atoms with van der Waals surface area (Å²) >= 11 is 0. The molecular weight excluding hydrogens is 613 g/mol. The molecule has 7 aromatic carbocycles. The molecule has 3 aromatic heterocycles. The Morgan fingerprint density at radius 2 is 0.940 bits per heavy atom. The number of nitrogens with zero attached hydrogens (tertiary/aromatic N) is 4. The van der Waals surface area contributed by atoms with Crippen LogP contribution in [0.4, 0.5) is 0 Å². The van der Waals surface area contributed by atoms with E-state index in [1.807, 2.05) is 42.5 Å². The van der Waals surface area contributed by atoms with Crippen molar-refractivity contribution in [1.29, 1.82) is 0 Å². The Morgan fingerprint density at radius 3 is 1.66 bits per heavy atom. The quantitative estimate of drug-likeness (QED) is 0.176. The van der Waals surface area contributed by atoms with Crippen molar-refractivity contribution in [3.8, 4) is 51.0 Å². The van der Waals surface area contributed by atoms with Crippen molar-refractivity contribution in [1.82, 2.24) is 19.7 Å². The summed E-state index contributed by atoms with van der Waals surface area (Å²) in [5, 5.41) is 14.5. The maximum atomic E-state index is 5.99. The summed E-state index contributed by atoms with van der Waals surface area (Å²) in [6.45, 7) is 0. The fourth-order valence-corrected chi connectivity index (χ4v) is 7.21. The van der Waals surface area contributed by atoms with Crippen LogP contribution in [0.5, 0.6) is 0 Å². The summed E-state index contributed by atoms with van der Waals surface area (Å²) in [6.07, 6.45) is 0. The Morgan fingerprint density at radius 1 is 0.400 bits per heavy atom. The van der Waals surface area contributed by atoms with E-state index in [4.69, 9.17) is 9.40 Å². The van der Waals surface area contributed by atoms with Crippen molar-refractivity contribution in [2.45, 2.75) is 0 Å². The molecule has 10 aromatic rings. The summed E-state index contributed by atoms with van der Waals surface area (Å²) in [6, 6.07) is 59.1. The second-order valence-corrected chi connectivity index (χ2v) is 12.5. The van der Waals surface area contributed by atoms with E-state index in [2.05, 4.69) is 142 Å². The van der Waals surface area contributed by atoms with Crippen molar-refractivity contribution in [2.24, 2.45) is 0 Å². The molecule has 0 unspecified atom stereocenters. The van der Waals surface area contributed by atoms with E-state index in [-0.39, 0.29) is 0 Å². The molecule has 234 valence electrons. The highest BCUT2D eigenvalue weighted by Crippen LogP contribution is 2.42. The number of fused-ring (bicyclic) bond motifs is 7. The van der Waals surface area contributed by atoms with Gasteiger partial charge in [-0.1, -0.05) is 121 Å². The van der Waals surface area contributed by atoms with Gasteiger partial charge in [0.2, 0.25) is 11.8 Å². The van der Waals surface area contributed by atoms with Gasteiger partial charge in [0.05, 0.1) is 22.2 Å². The zero-order chi connectivity index (χ0) is 33.0. The highest BCUT2D eigenvalue weighted by atomic mass is 16.4. The minimum absolute atomic E-state index is 0.499. The summed E-state index contributed by atoms with van der Waals surface area (Å²) < 4.78 is 8.39. The van der Waals surface area contributed by atoms with Crippen LogP contribution in [0.15, 0.2) is 174 Å². The van der Waals surface area contributed by atoms with Crippen LogP contribution in [0.1, 0.15) is 0 Å². The number of rotatable bonds is 5. The zero-order valence-corrected chi connectivity index (χ0v) is 26.9. The molecular formula is C45H28N4O. The fraction of sp³-hybridized carbons (Fsp3) is 0. The van der Waals surface area contributed by atoms with Gasteiger partial charge in [0.1, 0.15) is 0 Å². The number of aromatic nitrogens is 4. The van der Waals surface area contributed by atoms with Crippen LogP contribution in [0.2, 0.25) is 0 Å². The first-order chi connectivity index (χ1) is 24.8. The lowest BCUT2D eigenvalue weighted by atomic mass is 9.96. The molecule has 3 heterocycles. The third-order valence-corrected chi connectivity index (χ3v) is 9.58. The third-order valence-electron chi connectivity index (χ3n) is 9.58. The van der Waals surface area contributed by atoms with Gasteiger partial charge < -0.3 is 8.98 Å². The summed E-state index contributed by atoms with van der Waals surface area (Å²) in [4.78, 5) is 5.36. The highest BCUT2D eigenvalue weighted by Gasteiger charge is 2.20. The average Bonchev–Trinajstić information content (AvgIpc) is 3.82. The number of benzene rings is 7. The van der Waals surface area contributed by atoms with Crippen molar-refractivity contribution in [3.63, 3.8) is 0 Å². The lowest BCUT2D eigenvalue weighted by Crippen LogP contribution is -1.97. The molecule has 0 radical (unpaired) electrons. The largest absolute Gasteiger partial charge is 0.416 e. The van der Waals surface area contributed by atoms with Crippen LogP contribution in [0.25, 0.3) is 94.5 Å². The number of hydrogen-bond acceptors (Lipinski definition) is 4. The Kier molecular flexibility index (Phi) is 6.42. The number of para-hydroxylation sites is 3. The molecule has 10 rings (SSSR count). The third kappa shape index (κ3) is 4.52. The molecule has 0 fully saturated rings. The van der Waals surface area contributed by atoms with E-state index in [0.717, 1.165) is 55.5 Å². The van der Waals surface area contributed by atoms with Crippen LogP contribution >= 0.6 is 0 Å². The smallest absolute Gasteiger partial charge is 0.248 e. The summed E-state index contributed by atoms with van der Waals surface area (Å²) in [5.41, 5.74) is 10.5. The van der Waals surface area contributed by atoms with E-state index in [1.165, 1.54) is 27.2 Å². The van der Waals surface area contributed by atoms with Crippen LogP contribution in [-0.2, 0) is 0 Å². The van der Waals surface area contributed by atoms with Gasteiger partial charge in [-0.3, -0.25) is 0 Å². The van der Waals surface area contributed by atoms with Gasteiger partial charge in [0, 0.05) is 43.9 Å². The van der Waals surface area contributed by atoms with Gasteiger partial charge in [0.15, 0.2) is 0 Å². The van der Waals surface area contributed by atoms with E-state index in [1.54, 1.807) is 0 Å². The molecule has 5 heteroatoms. The lowest BCUT2D eigenvalue weighted by molar-refractivity contribution is 0.584. The molecule has 5 nitrogen and oxygen atoms in total. The molecule has 0 aliphatic carbocycles. The van der Waals surface area contributed by atoms with Gasteiger partial charge in [-0.2, -0.15) is 0 Å². The van der Waals surface area contributed by atoms with Crippen molar-refractivity contribution in [2.75, 3.05) is 0 Å². The highest BCUT2D eigenvalue weighted by molar-refractivity contribution is 6.25. The minimum Gasteiger partial charge on any atom is -0.416 e. The van der Waals surface area contributed by atoms with Gasteiger partial charge in [-0.25, -0.2) is 4.98 Å². The number of pyridine rings is 1. The Labute approximate surface area is 287 Å². The maximum absolute atomic E-state index is 5.99. The van der Waals surface area contributed by atoms with Crippen molar-refractivity contribution >= 4 is 43.5 Å². The van der Waals surface area contributed by atoms with Crippen LogP contribution in [0.3, 0.4) is 0 Å². The van der Waals surface area contributed by atoms with Crippen molar-refractivity contribution in [3.05, 3.63) is 170 Å². The first-order valence-corrected chi connectivity index (χ1v) is 16.7. The van der Waals surface area contributed by atoms with Gasteiger partial charge >= 0.3 is 0 Å². The van der Waals surface area contributed by atoms with E-state index in [9.17, 15) is 0 Å². The van der Waals surface area contributed by atoms with Crippen LogP contribution in [0, 0.1) is 0 Å². The van der Waals surface area contributed by atoms with Crippen LogP contribution < -0.4 is 0 Å². The Balaban J connectivity index is 1.11. The molecule has 50 heavy (non-hydrogen) atoms. The number of hydrogen-bond donors (Lipinski definition) is 0. The van der Waals surface area contributed by atoms with Gasteiger partial charge in [0.25, 0.3) is 0 Å². The standard InChI is InChI=1S/C45H28N4O/c1-3-11-32(12-4-1)44-47-48-45(50-44)33-25-21-30(22-26-33)29-19-23-31(24-20-29)42-41-37(35-15-7-9-17-39(35)46-42)27-28-38-36-16-8-10-18-40(36)49(43(38)41)34-13-5-2-6-14-34/h1-28H. The van der Waals surface area contributed by atoms with E-state index in [0.29, 0.717) is 11.8 Å². The second kappa shape index (κ2) is 11.4. The average molecular weight is 641 g/mol. The predicted octanol–water partition coefficient (Wildman–Crippen LogP) is 11.5. The maximum Gasteiger partial charge on any atom is 0.248 e. The van der Waals surface area contributed by atoms with Gasteiger partial charge in [-0.15, -0.1) is 10.2 Å². The fourth-order valence-electron chi connectivity index (χ4n) is 7.21. The minimum atomic E-state index is 0.499. The zero-order valence-electron chi connectivity index (χ0n) is 26.9. The lowest BCUT2D eigenvalue weighted by Gasteiger charge is -2.15. The SMILES string of the molecule is c1ccc(-c2nnc(-c3ccc(-c4ccc(-c5nc6ccccc6c6ccc7c8ccccc8n(-c8ccccc8)c7c56)cc4)cc3)o2)cc1. The predicted molar refractivity (Wildman–Crippen MR) is 203 cm³/mol. The molecule has 0 saturated heterocycles. The normalized spacial score (nSPS) is 11.6. The molecule has 0 atom stereocenters. The van der Waals surface area contributed by atoms with Gasteiger partial charge in [-0.05, 0) is 65.0 Å².